The van der Waals surface area contributed by atoms with E-state index in [1.807, 2.05) is 13.8 Å². The molecule has 1 amide bonds. The third-order valence-electron chi connectivity index (χ3n) is 1.78. The molecule has 0 saturated carbocycles. The number of hydrogen-bond acceptors (Lipinski definition) is 3. The molecule has 13 heavy (non-hydrogen) atoms. The molecule has 0 unspecified atom stereocenters. The Bertz CT molecular complexity index is 268. The van der Waals surface area contributed by atoms with Crippen molar-refractivity contribution in [2.75, 3.05) is 5.32 Å². The molecule has 0 aliphatic rings. The second-order valence-corrected chi connectivity index (χ2v) is 3.23. The van der Waals surface area contributed by atoms with Crippen LogP contribution in [0.3, 0.4) is 0 Å². The Morgan fingerprint density at radius 3 is 2.85 bits per heavy atom. The van der Waals surface area contributed by atoms with Gasteiger partial charge in [0.25, 0.3) is 0 Å². The molecule has 72 valence electrons. The number of anilines is 1. The number of aromatic amines is 1. The van der Waals surface area contributed by atoms with Gasteiger partial charge in [-0.3, -0.25) is 9.89 Å². The van der Waals surface area contributed by atoms with Crippen LogP contribution in [0.4, 0.5) is 5.82 Å². The number of carbonyl (C=O) groups is 1. The van der Waals surface area contributed by atoms with Gasteiger partial charge in [0.2, 0.25) is 5.91 Å². The lowest BCUT2D eigenvalue weighted by molar-refractivity contribution is -0.118. The summed E-state index contributed by atoms with van der Waals surface area (Å²) in [5.74, 6) is 0.503. The van der Waals surface area contributed by atoms with Crippen LogP contribution in [0.15, 0.2) is 12.3 Å². The van der Waals surface area contributed by atoms with Crippen LogP contribution in [-0.2, 0) is 4.79 Å². The molecule has 5 nitrogen and oxygen atoms in total. The molecule has 1 aromatic rings. The fourth-order valence-electron chi connectivity index (χ4n) is 0.844. The number of nitrogens with one attached hydrogen (secondary N) is 2. The van der Waals surface area contributed by atoms with Gasteiger partial charge in [0, 0.05) is 6.07 Å². The van der Waals surface area contributed by atoms with Crippen LogP contribution in [0, 0.1) is 5.92 Å². The molecule has 0 spiro atoms. The molecule has 0 aliphatic carbocycles. The zero-order valence-electron chi connectivity index (χ0n) is 7.74. The first-order valence-corrected chi connectivity index (χ1v) is 4.17. The van der Waals surface area contributed by atoms with Crippen molar-refractivity contribution in [3.63, 3.8) is 0 Å². The molecule has 4 N–H and O–H groups in total. The van der Waals surface area contributed by atoms with Gasteiger partial charge in [-0.1, -0.05) is 13.8 Å². The Balaban J connectivity index is 2.51. The summed E-state index contributed by atoms with van der Waals surface area (Å²) in [5.41, 5.74) is 5.63. The summed E-state index contributed by atoms with van der Waals surface area (Å²) in [5, 5.41) is 8.94. The van der Waals surface area contributed by atoms with Gasteiger partial charge in [0.05, 0.1) is 12.2 Å². The lowest BCUT2D eigenvalue weighted by Gasteiger charge is -2.13. The average Bonchev–Trinajstić information content (AvgIpc) is 2.55. The molecule has 0 bridgehead atoms. The maximum atomic E-state index is 11.4. The molecule has 0 aliphatic heterocycles. The zero-order valence-corrected chi connectivity index (χ0v) is 7.74. The summed E-state index contributed by atoms with van der Waals surface area (Å²) in [4.78, 5) is 11.4. The predicted octanol–water partition coefficient (Wildman–Crippen LogP) is 0.331. The Kier molecular flexibility index (Phi) is 3.02. The highest BCUT2D eigenvalue weighted by Crippen LogP contribution is 2.03. The van der Waals surface area contributed by atoms with E-state index in [0.29, 0.717) is 5.82 Å². The number of nitrogens with two attached hydrogens (primary N) is 1. The van der Waals surface area contributed by atoms with E-state index in [4.69, 9.17) is 5.73 Å². The maximum absolute atomic E-state index is 11.4. The summed E-state index contributed by atoms with van der Waals surface area (Å²) >= 11 is 0. The van der Waals surface area contributed by atoms with Crippen LogP contribution in [0.25, 0.3) is 0 Å². The second kappa shape index (κ2) is 4.04. The molecule has 1 aromatic heterocycles. The zero-order chi connectivity index (χ0) is 9.84. The standard InChI is InChI=1S/C8H14N4O/c1-5(2)7(9)8(13)11-6-3-4-10-12-6/h3-5,7H,9H2,1-2H3,(H2,10,11,12,13)/t7-/m0/s1. The summed E-state index contributed by atoms with van der Waals surface area (Å²) in [6, 6.07) is 1.19. The topological polar surface area (TPSA) is 83.8 Å². The highest BCUT2D eigenvalue weighted by molar-refractivity contribution is 5.93. The minimum absolute atomic E-state index is 0.128. The SMILES string of the molecule is CC(C)[C@H](N)C(=O)Nc1ccn[nH]1. The fraction of sp³-hybridized carbons (Fsp3) is 0.500. The van der Waals surface area contributed by atoms with Crippen LogP contribution in [0.2, 0.25) is 0 Å². The van der Waals surface area contributed by atoms with Crippen molar-refractivity contribution in [2.45, 2.75) is 19.9 Å². The normalized spacial score (nSPS) is 12.9. The third kappa shape index (κ3) is 2.55. The van der Waals surface area contributed by atoms with Crippen molar-refractivity contribution in [3.8, 4) is 0 Å². The number of H-pyrrole nitrogens is 1. The molecular formula is C8H14N4O. The van der Waals surface area contributed by atoms with Crippen LogP contribution in [0.1, 0.15) is 13.8 Å². The van der Waals surface area contributed by atoms with Crippen LogP contribution < -0.4 is 11.1 Å². The van der Waals surface area contributed by atoms with E-state index in [-0.39, 0.29) is 11.8 Å². The summed E-state index contributed by atoms with van der Waals surface area (Å²) in [6.07, 6.45) is 1.57. The van der Waals surface area contributed by atoms with E-state index in [0.717, 1.165) is 0 Å². The first kappa shape index (κ1) is 9.73. The maximum Gasteiger partial charge on any atom is 0.242 e. The highest BCUT2D eigenvalue weighted by atomic mass is 16.2. The van der Waals surface area contributed by atoms with E-state index >= 15 is 0 Å². The minimum Gasteiger partial charge on any atom is -0.320 e. The largest absolute Gasteiger partial charge is 0.320 e. The first-order valence-electron chi connectivity index (χ1n) is 4.17. The van der Waals surface area contributed by atoms with Gasteiger partial charge in [-0.15, -0.1) is 0 Å². The Morgan fingerprint density at radius 2 is 2.38 bits per heavy atom. The molecule has 1 heterocycles. The van der Waals surface area contributed by atoms with Crippen molar-refractivity contribution < 1.29 is 4.79 Å². The van der Waals surface area contributed by atoms with E-state index in [9.17, 15) is 4.79 Å². The van der Waals surface area contributed by atoms with Crippen molar-refractivity contribution >= 4 is 11.7 Å². The van der Waals surface area contributed by atoms with Gasteiger partial charge in [-0.25, -0.2) is 0 Å². The van der Waals surface area contributed by atoms with Crippen molar-refractivity contribution in [3.05, 3.63) is 12.3 Å². The minimum atomic E-state index is -0.483. The molecule has 0 aromatic carbocycles. The Morgan fingerprint density at radius 1 is 1.69 bits per heavy atom. The molecular weight excluding hydrogens is 168 g/mol. The van der Waals surface area contributed by atoms with Gasteiger partial charge < -0.3 is 11.1 Å². The molecule has 0 radical (unpaired) electrons. The Hall–Kier alpha value is -1.36. The van der Waals surface area contributed by atoms with Crippen LogP contribution >= 0.6 is 0 Å². The van der Waals surface area contributed by atoms with E-state index in [1.165, 1.54) is 0 Å². The highest BCUT2D eigenvalue weighted by Gasteiger charge is 2.17. The number of rotatable bonds is 3. The second-order valence-electron chi connectivity index (χ2n) is 3.23. The number of carbonyl (C=O) groups excluding carboxylic acids is 1. The van der Waals surface area contributed by atoms with Crippen LogP contribution in [0.5, 0.6) is 0 Å². The lowest BCUT2D eigenvalue weighted by Crippen LogP contribution is -2.39. The van der Waals surface area contributed by atoms with Gasteiger partial charge in [-0.05, 0) is 5.92 Å². The van der Waals surface area contributed by atoms with Gasteiger partial charge in [-0.2, -0.15) is 5.10 Å². The molecule has 0 saturated heterocycles. The smallest absolute Gasteiger partial charge is 0.242 e. The van der Waals surface area contributed by atoms with E-state index in [1.54, 1.807) is 12.3 Å². The summed E-state index contributed by atoms with van der Waals surface area (Å²) < 4.78 is 0. The number of nitrogens with zero attached hydrogens (tertiary/aromatic N) is 1. The van der Waals surface area contributed by atoms with Gasteiger partial charge in [0.15, 0.2) is 0 Å². The molecule has 1 atom stereocenters. The molecule has 5 heteroatoms. The van der Waals surface area contributed by atoms with Crippen molar-refractivity contribution in [1.29, 1.82) is 0 Å². The predicted molar refractivity (Wildman–Crippen MR) is 50.0 cm³/mol. The van der Waals surface area contributed by atoms with E-state index in [2.05, 4.69) is 15.5 Å². The van der Waals surface area contributed by atoms with Crippen molar-refractivity contribution in [2.24, 2.45) is 11.7 Å². The summed E-state index contributed by atoms with van der Waals surface area (Å²) in [6.45, 7) is 3.80. The number of amides is 1. The summed E-state index contributed by atoms with van der Waals surface area (Å²) in [7, 11) is 0. The van der Waals surface area contributed by atoms with Gasteiger partial charge in [0.1, 0.15) is 5.82 Å². The first-order chi connectivity index (χ1) is 6.11. The quantitative estimate of drug-likeness (QED) is 0.630. The monoisotopic (exact) mass is 182 g/mol. The van der Waals surface area contributed by atoms with Crippen LogP contribution in [-0.4, -0.2) is 22.1 Å². The molecule has 0 fully saturated rings. The Labute approximate surface area is 76.7 Å². The third-order valence-corrected chi connectivity index (χ3v) is 1.78. The van der Waals surface area contributed by atoms with Gasteiger partial charge >= 0.3 is 0 Å². The van der Waals surface area contributed by atoms with Crippen molar-refractivity contribution in [1.82, 2.24) is 10.2 Å². The lowest BCUT2D eigenvalue weighted by atomic mass is 10.1. The fourth-order valence-corrected chi connectivity index (χ4v) is 0.844. The molecule has 1 rings (SSSR count). The van der Waals surface area contributed by atoms with E-state index < -0.39 is 6.04 Å². The average molecular weight is 182 g/mol. The number of aromatic nitrogens is 2. The number of hydrogen-bond donors (Lipinski definition) is 3.